The van der Waals surface area contributed by atoms with Crippen molar-refractivity contribution in [2.24, 2.45) is 0 Å². The van der Waals surface area contributed by atoms with Gasteiger partial charge in [0.2, 0.25) is 10.0 Å². The lowest BCUT2D eigenvalue weighted by Gasteiger charge is -2.32. The third-order valence-electron chi connectivity index (χ3n) is 3.42. The van der Waals surface area contributed by atoms with Gasteiger partial charge in [0.25, 0.3) is 0 Å². The van der Waals surface area contributed by atoms with Gasteiger partial charge >= 0.3 is 0 Å². The van der Waals surface area contributed by atoms with E-state index in [0.29, 0.717) is 24.2 Å². The molecule has 1 aliphatic rings. The van der Waals surface area contributed by atoms with E-state index >= 15 is 0 Å². The van der Waals surface area contributed by atoms with Crippen molar-refractivity contribution < 1.29 is 13.2 Å². The van der Waals surface area contributed by atoms with Crippen molar-refractivity contribution in [2.75, 3.05) is 32.8 Å². The molecule has 1 atom stereocenters. The normalized spacial score (nSPS) is 18.6. The molecule has 1 aliphatic heterocycles. The van der Waals surface area contributed by atoms with Crippen LogP contribution < -0.4 is 4.72 Å². The predicted molar refractivity (Wildman–Crippen MR) is 88.9 cm³/mol. The Morgan fingerprint density at radius 2 is 2.00 bits per heavy atom. The topological polar surface area (TPSA) is 58.6 Å². The first-order chi connectivity index (χ1) is 9.90. The van der Waals surface area contributed by atoms with Crippen molar-refractivity contribution in [3.63, 3.8) is 0 Å². The third-order valence-corrected chi connectivity index (χ3v) is 6.33. The number of hydrogen-bond donors (Lipinski definition) is 1. The highest BCUT2D eigenvalue weighted by molar-refractivity contribution is 9.11. The zero-order chi connectivity index (χ0) is 15.5. The zero-order valence-corrected chi connectivity index (χ0v) is 15.7. The maximum Gasteiger partial charge on any atom is 0.241 e. The molecule has 0 aromatic heterocycles. The molecule has 5 nitrogen and oxygen atoms in total. The minimum atomic E-state index is -3.53. The zero-order valence-electron chi connectivity index (χ0n) is 11.7. The van der Waals surface area contributed by atoms with Gasteiger partial charge in [-0.25, -0.2) is 13.1 Å². The van der Waals surface area contributed by atoms with Crippen molar-refractivity contribution in [3.8, 4) is 0 Å². The van der Waals surface area contributed by atoms with E-state index in [9.17, 15) is 8.42 Å². The van der Waals surface area contributed by atoms with E-state index in [1.165, 1.54) is 0 Å². The van der Waals surface area contributed by atoms with Crippen LogP contribution >= 0.6 is 31.9 Å². The fourth-order valence-electron chi connectivity index (χ4n) is 2.14. The first-order valence-electron chi connectivity index (χ1n) is 6.66. The largest absolute Gasteiger partial charge is 0.379 e. The standard InChI is InChI=1S/C13H18Br2N2O3S/c1-10(17-4-6-20-7-5-17)9-16-21(18,19)13-8-11(14)2-3-12(13)15/h2-3,8,10,16H,4-7,9H2,1H3. The van der Waals surface area contributed by atoms with Gasteiger partial charge in [0.1, 0.15) is 0 Å². The summed E-state index contributed by atoms with van der Waals surface area (Å²) in [6.45, 7) is 5.47. The first kappa shape index (κ1) is 17.4. The molecule has 0 saturated carbocycles. The molecular weight excluding hydrogens is 424 g/mol. The first-order valence-corrected chi connectivity index (χ1v) is 9.73. The van der Waals surface area contributed by atoms with Crippen LogP contribution in [0.4, 0.5) is 0 Å². The average molecular weight is 442 g/mol. The van der Waals surface area contributed by atoms with Crippen LogP contribution in [0.5, 0.6) is 0 Å². The summed E-state index contributed by atoms with van der Waals surface area (Å²) in [5.41, 5.74) is 0. The van der Waals surface area contributed by atoms with Crippen LogP contribution in [0.15, 0.2) is 32.0 Å². The molecule has 21 heavy (non-hydrogen) atoms. The van der Waals surface area contributed by atoms with Crippen molar-refractivity contribution in [1.82, 2.24) is 9.62 Å². The second kappa shape index (κ2) is 7.52. The minimum absolute atomic E-state index is 0.134. The predicted octanol–water partition coefficient (Wildman–Crippen LogP) is 2.21. The molecule has 0 aliphatic carbocycles. The summed E-state index contributed by atoms with van der Waals surface area (Å²) in [5, 5.41) is 0. The Hall–Kier alpha value is 0.01000. The molecule has 0 radical (unpaired) electrons. The lowest BCUT2D eigenvalue weighted by atomic mass is 10.2. The van der Waals surface area contributed by atoms with E-state index in [0.717, 1.165) is 17.6 Å². The van der Waals surface area contributed by atoms with E-state index in [1.807, 2.05) is 6.92 Å². The fourth-order valence-corrected chi connectivity index (χ4v) is 4.76. The van der Waals surface area contributed by atoms with Gasteiger partial charge in [-0.2, -0.15) is 0 Å². The second-order valence-electron chi connectivity index (χ2n) is 4.92. The number of nitrogens with zero attached hydrogens (tertiary/aromatic N) is 1. The van der Waals surface area contributed by atoms with E-state index < -0.39 is 10.0 Å². The van der Waals surface area contributed by atoms with E-state index in [-0.39, 0.29) is 10.9 Å². The monoisotopic (exact) mass is 440 g/mol. The summed E-state index contributed by atoms with van der Waals surface area (Å²) in [5.74, 6) is 0. The molecule has 1 aromatic carbocycles. The van der Waals surface area contributed by atoms with Crippen molar-refractivity contribution in [2.45, 2.75) is 17.9 Å². The molecular formula is C13H18Br2N2O3S. The Morgan fingerprint density at radius 3 is 2.67 bits per heavy atom. The Morgan fingerprint density at radius 1 is 1.33 bits per heavy atom. The summed E-state index contributed by atoms with van der Waals surface area (Å²) in [6.07, 6.45) is 0. The number of hydrogen-bond acceptors (Lipinski definition) is 4. The van der Waals surface area contributed by atoms with Crippen molar-refractivity contribution in [1.29, 1.82) is 0 Å². The molecule has 8 heteroatoms. The SMILES string of the molecule is CC(CNS(=O)(=O)c1cc(Br)ccc1Br)N1CCOCC1. The van der Waals surface area contributed by atoms with Gasteiger partial charge in [0.15, 0.2) is 0 Å². The van der Waals surface area contributed by atoms with E-state index in [4.69, 9.17) is 4.74 Å². The van der Waals surface area contributed by atoms with Gasteiger partial charge in [0, 0.05) is 34.6 Å². The Balaban J connectivity index is 2.02. The van der Waals surface area contributed by atoms with Crippen LogP contribution in [0.3, 0.4) is 0 Å². The molecule has 2 rings (SSSR count). The van der Waals surface area contributed by atoms with Crippen LogP contribution in [0.25, 0.3) is 0 Å². The van der Waals surface area contributed by atoms with Gasteiger partial charge < -0.3 is 4.74 Å². The number of ether oxygens (including phenoxy) is 1. The van der Waals surface area contributed by atoms with Crippen molar-refractivity contribution >= 4 is 41.9 Å². The highest BCUT2D eigenvalue weighted by atomic mass is 79.9. The Bertz CT molecular complexity index is 589. The molecule has 1 saturated heterocycles. The number of benzene rings is 1. The van der Waals surface area contributed by atoms with Gasteiger partial charge in [-0.15, -0.1) is 0 Å². The lowest BCUT2D eigenvalue weighted by Crippen LogP contribution is -2.47. The van der Waals surface area contributed by atoms with Crippen LogP contribution in [0.2, 0.25) is 0 Å². The van der Waals surface area contributed by atoms with Crippen LogP contribution in [0.1, 0.15) is 6.92 Å². The number of sulfonamides is 1. The lowest BCUT2D eigenvalue weighted by molar-refractivity contribution is 0.0213. The molecule has 0 spiro atoms. The molecule has 0 bridgehead atoms. The van der Waals surface area contributed by atoms with Gasteiger partial charge in [0.05, 0.1) is 18.1 Å². The fraction of sp³-hybridized carbons (Fsp3) is 0.538. The molecule has 1 aromatic rings. The molecule has 1 N–H and O–H groups in total. The highest BCUT2D eigenvalue weighted by Gasteiger charge is 2.22. The summed E-state index contributed by atoms with van der Waals surface area (Å²) >= 11 is 6.58. The van der Waals surface area contributed by atoms with Crippen LogP contribution in [0, 0.1) is 0 Å². The van der Waals surface area contributed by atoms with Gasteiger partial charge in [-0.3, -0.25) is 4.90 Å². The molecule has 1 unspecified atom stereocenters. The minimum Gasteiger partial charge on any atom is -0.379 e. The maximum absolute atomic E-state index is 12.4. The quantitative estimate of drug-likeness (QED) is 0.760. The number of rotatable bonds is 5. The number of halogens is 2. The van der Waals surface area contributed by atoms with E-state index in [2.05, 4.69) is 41.5 Å². The van der Waals surface area contributed by atoms with Crippen LogP contribution in [-0.2, 0) is 14.8 Å². The number of morpholine rings is 1. The van der Waals surface area contributed by atoms with E-state index in [1.54, 1.807) is 18.2 Å². The highest BCUT2D eigenvalue weighted by Crippen LogP contribution is 2.25. The molecule has 0 amide bonds. The molecule has 1 fully saturated rings. The smallest absolute Gasteiger partial charge is 0.241 e. The summed E-state index contributed by atoms with van der Waals surface area (Å²) in [4.78, 5) is 2.47. The Labute approximate surface area is 142 Å². The average Bonchev–Trinajstić information content (AvgIpc) is 2.48. The molecule has 1 heterocycles. The van der Waals surface area contributed by atoms with Crippen LogP contribution in [-0.4, -0.2) is 52.2 Å². The van der Waals surface area contributed by atoms with Gasteiger partial charge in [-0.1, -0.05) is 15.9 Å². The maximum atomic E-state index is 12.4. The van der Waals surface area contributed by atoms with Crippen molar-refractivity contribution in [3.05, 3.63) is 27.1 Å². The summed E-state index contributed by atoms with van der Waals surface area (Å²) < 4.78 is 34.0. The summed E-state index contributed by atoms with van der Waals surface area (Å²) in [7, 11) is -3.53. The third kappa shape index (κ3) is 4.74. The van der Waals surface area contributed by atoms with Gasteiger partial charge in [-0.05, 0) is 41.1 Å². The second-order valence-corrected chi connectivity index (χ2v) is 8.43. The number of nitrogens with one attached hydrogen (secondary N) is 1. The summed E-state index contributed by atoms with van der Waals surface area (Å²) in [6, 6.07) is 5.23. The Kier molecular flexibility index (Phi) is 6.22. The molecule has 118 valence electrons.